The van der Waals surface area contributed by atoms with Crippen LogP contribution in [0.4, 0.5) is 18.0 Å². The van der Waals surface area contributed by atoms with Crippen molar-refractivity contribution in [3.8, 4) is 11.6 Å². The van der Waals surface area contributed by atoms with E-state index in [0.717, 1.165) is 10.3 Å². The Balaban J connectivity index is 1.31. The summed E-state index contributed by atoms with van der Waals surface area (Å²) >= 11 is 0. The third-order valence-electron chi connectivity index (χ3n) is 13.3. The molecule has 1 aromatic carbocycles. The van der Waals surface area contributed by atoms with E-state index in [2.05, 4.69) is 10.0 Å². The lowest BCUT2D eigenvalue weighted by atomic mass is 9.82. The molecule has 14 nitrogen and oxygen atoms in total. The van der Waals surface area contributed by atoms with E-state index in [1.54, 1.807) is 25.1 Å². The Hall–Kier alpha value is -4.61. The van der Waals surface area contributed by atoms with Gasteiger partial charge in [-0.2, -0.15) is 13.2 Å². The molecule has 0 spiro atoms. The molecule has 2 saturated carbocycles. The third-order valence-corrected chi connectivity index (χ3v) is 15.5. The number of aryl methyl sites for hydroxylation is 1. The summed E-state index contributed by atoms with van der Waals surface area (Å²) < 4.78 is 84.6. The van der Waals surface area contributed by atoms with Gasteiger partial charge in [0.25, 0.3) is 5.91 Å². The monoisotopic (exact) mass is 861 g/mol. The molecule has 4 heterocycles. The molecule has 3 fully saturated rings. The fraction of sp³-hybridized carbons (Fsp3) is 0.643. The first-order chi connectivity index (χ1) is 28.1. The summed E-state index contributed by atoms with van der Waals surface area (Å²) in [6.45, 7) is 6.70. The molecule has 0 unspecified atom stereocenters. The Kier molecular flexibility index (Phi) is 11.4. The molecule has 1 aromatic heterocycles. The minimum absolute atomic E-state index is 0.0592. The quantitative estimate of drug-likeness (QED) is 0.271. The van der Waals surface area contributed by atoms with Crippen LogP contribution in [0.3, 0.4) is 0 Å². The van der Waals surface area contributed by atoms with E-state index < -0.39 is 85.9 Å². The number of hydrogen-bond acceptors (Lipinski definition) is 9. The lowest BCUT2D eigenvalue weighted by Crippen LogP contribution is -2.66. The second-order valence-corrected chi connectivity index (χ2v) is 20.2. The van der Waals surface area contributed by atoms with Gasteiger partial charge in [0.2, 0.25) is 27.7 Å². The van der Waals surface area contributed by atoms with Gasteiger partial charge in [-0.25, -0.2) is 18.2 Å². The van der Waals surface area contributed by atoms with Gasteiger partial charge in [-0.1, -0.05) is 50.6 Å². The molecule has 2 aromatic rings. The van der Waals surface area contributed by atoms with Gasteiger partial charge in [0.05, 0.1) is 23.6 Å². The molecule has 18 heteroatoms. The van der Waals surface area contributed by atoms with E-state index in [-0.39, 0.29) is 48.9 Å². The number of sulfonamides is 1. The first-order valence-electron chi connectivity index (χ1n) is 20.8. The first kappa shape index (κ1) is 43.5. The van der Waals surface area contributed by atoms with Gasteiger partial charge in [0.15, 0.2) is 0 Å². The number of fused-ring (bicyclic) bond motifs is 5. The number of amides is 4. The van der Waals surface area contributed by atoms with Crippen molar-refractivity contribution >= 4 is 44.6 Å². The molecule has 3 aliphatic heterocycles. The molecular formula is C42H54F3N5O9S. The third kappa shape index (κ3) is 7.88. The van der Waals surface area contributed by atoms with Crippen LogP contribution in [0.2, 0.25) is 0 Å². The molecular weight excluding hydrogens is 808 g/mol. The molecule has 60 heavy (non-hydrogen) atoms. The lowest BCUT2D eigenvalue weighted by Gasteiger charge is -2.46. The van der Waals surface area contributed by atoms with Gasteiger partial charge in [-0.05, 0) is 90.0 Å². The Morgan fingerprint density at radius 1 is 1.15 bits per heavy atom. The van der Waals surface area contributed by atoms with Crippen LogP contribution < -0.4 is 19.5 Å². The van der Waals surface area contributed by atoms with Crippen molar-refractivity contribution in [2.24, 2.45) is 17.8 Å². The van der Waals surface area contributed by atoms with Crippen molar-refractivity contribution in [2.45, 2.75) is 139 Å². The summed E-state index contributed by atoms with van der Waals surface area (Å²) in [6, 6.07) is 3.93. The van der Waals surface area contributed by atoms with Gasteiger partial charge in [-0.3, -0.25) is 24.0 Å². The highest BCUT2D eigenvalue weighted by Crippen LogP contribution is 2.48. The maximum Gasteiger partial charge on any atom is 0.411 e. The minimum atomic E-state index is -5.09. The number of nitrogens with zero attached hydrogens (tertiary/aromatic N) is 3. The number of hydrogen-bond donors (Lipinski definition) is 3. The van der Waals surface area contributed by atoms with Gasteiger partial charge >= 0.3 is 12.3 Å². The number of pyridine rings is 1. The van der Waals surface area contributed by atoms with Crippen molar-refractivity contribution < 1.29 is 55.3 Å². The SMILES string of the molecule is CC[C@@H]1C[C@@H](C)CCC=C[C@@H]2C[C@@]2(C(=O)NS(=O)(=O)C2(C)CC2)NC(=O)[C@@H]2C[C@@H](Oc3nc4c(c5ccccc35)OCCC4)CN2C(=O)[C@H]1N(C(=O)O)C(C)(C)C(F)(F)F. The fourth-order valence-electron chi connectivity index (χ4n) is 9.02. The molecule has 3 N–H and O–H groups in total. The van der Waals surface area contributed by atoms with Gasteiger partial charge in [-0.15, -0.1) is 0 Å². The van der Waals surface area contributed by atoms with E-state index in [9.17, 15) is 41.1 Å². The second-order valence-electron chi connectivity index (χ2n) is 18.0. The number of carboxylic acid groups (broad SMARTS) is 1. The second kappa shape index (κ2) is 15.7. The van der Waals surface area contributed by atoms with Crippen LogP contribution in [0, 0.1) is 17.8 Å². The molecule has 0 bridgehead atoms. The zero-order valence-electron chi connectivity index (χ0n) is 34.5. The van der Waals surface area contributed by atoms with Crippen LogP contribution >= 0.6 is 0 Å². The number of carbonyl (C=O) groups is 4. The summed E-state index contributed by atoms with van der Waals surface area (Å²) in [4.78, 5) is 63.1. The number of aromatic nitrogens is 1. The number of ether oxygens (including phenoxy) is 2. The number of nitrogens with one attached hydrogen (secondary N) is 2. The van der Waals surface area contributed by atoms with Crippen LogP contribution in [0.25, 0.3) is 10.8 Å². The molecule has 0 radical (unpaired) electrons. The molecule has 2 aliphatic carbocycles. The Morgan fingerprint density at radius 2 is 1.85 bits per heavy atom. The van der Waals surface area contributed by atoms with E-state index in [1.165, 1.54) is 6.92 Å². The highest BCUT2D eigenvalue weighted by Gasteiger charge is 2.64. The number of halogens is 3. The zero-order valence-corrected chi connectivity index (χ0v) is 35.3. The maximum absolute atomic E-state index is 15.2. The topological polar surface area (TPSA) is 185 Å². The minimum Gasteiger partial charge on any atom is -0.491 e. The van der Waals surface area contributed by atoms with Crippen LogP contribution in [-0.4, -0.2) is 105 Å². The molecule has 7 rings (SSSR count). The van der Waals surface area contributed by atoms with Gasteiger partial charge in [0, 0.05) is 23.1 Å². The predicted molar refractivity (Wildman–Crippen MR) is 213 cm³/mol. The maximum atomic E-state index is 15.2. The van der Waals surface area contributed by atoms with Crippen molar-refractivity contribution in [2.75, 3.05) is 13.2 Å². The van der Waals surface area contributed by atoms with Crippen molar-refractivity contribution in [3.05, 3.63) is 42.1 Å². The molecule has 1 saturated heterocycles. The number of carbonyl (C=O) groups excluding carboxylic acids is 3. The van der Waals surface area contributed by atoms with Crippen LogP contribution in [0.1, 0.15) is 98.1 Å². The van der Waals surface area contributed by atoms with Crippen molar-refractivity contribution in [1.29, 1.82) is 0 Å². The summed E-state index contributed by atoms with van der Waals surface area (Å²) in [5.41, 5.74) is -4.09. The number of rotatable bonds is 8. The summed E-state index contributed by atoms with van der Waals surface area (Å²) in [5.74, 6) is -3.66. The van der Waals surface area contributed by atoms with Gasteiger partial charge < -0.3 is 24.8 Å². The van der Waals surface area contributed by atoms with Gasteiger partial charge in [0.1, 0.15) is 35.0 Å². The highest BCUT2D eigenvalue weighted by atomic mass is 32.2. The Labute approximate surface area is 347 Å². The highest BCUT2D eigenvalue weighted by molar-refractivity contribution is 7.91. The van der Waals surface area contributed by atoms with E-state index in [1.807, 2.05) is 25.1 Å². The lowest BCUT2D eigenvalue weighted by molar-refractivity contribution is -0.222. The summed E-state index contributed by atoms with van der Waals surface area (Å²) in [7, 11) is -4.12. The van der Waals surface area contributed by atoms with E-state index in [0.29, 0.717) is 75.8 Å². The average molecular weight is 862 g/mol. The number of benzene rings is 1. The summed E-state index contributed by atoms with van der Waals surface area (Å²) in [6.07, 6.45) is -1.21. The van der Waals surface area contributed by atoms with E-state index >= 15 is 4.79 Å². The van der Waals surface area contributed by atoms with Crippen LogP contribution in [-0.2, 0) is 30.8 Å². The van der Waals surface area contributed by atoms with Crippen LogP contribution in [0.5, 0.6) is 11.6 Å². The molecule has 4 amide bonds. The Bertz CT molecular complexity index is 2200. The molecule has 7 atom stereocenters. The van der Waals surface area contributed by atoms with Crippen LogP contribution in [0.15, 0.2) is 36.4 Å². The zero-order chi connectivity index (χ0) is 43.6. The number of alkyl halides is 3. The van der Waals surface area contributed by atoms with Crippen molar-refractivity contribution in [1.82, 2.24) is 24.8 Å². The molecule has 328 valence electrons. The normalized spacial score (nSPS) is 29.4. The largest absolute Gasteiger partial charge is 0.491 e. The Morgan fingerprint density at radius 3 is 2.50 bits per heavy atom. The summed E-state index contributed by atoms with van der Waals surface area (Å²) in [5, 5.41) is 14.7. The average Bonchev–Trinajstić information content (AvgIpc) is 4.07. The first-order valence-corrected chi connectivity index (χ1v) is 22.3. The van der Waals surface area contributed by atoms with Crippen molar-refractivity contribution in [3.63, 3.8) is 0 Å². The smallest absolute Gasteiger partial charge is 0.411 e. The predicted octanol–water partition coefficient (Wildman–Crippen LogP) is 5.87. The standard InChI is InChI=1S/C42H54F3N5O9S/c1-6-25-20-24(2)12-7-8-13-26-22-41(26,37(53)48-60(56,57)40(5)17-18-40)47-34(51)31-21-27(23-49(31)36(52)32(25)50(38(54)55)39(3,4)42(43,44)45)59-35-29-15-10-9-14-28(29)33-30(46-35)16-11-19-58-33/h8-10,13-15,24-27,31-32H,6-7,11-12,16-23H2,1-5H3,(H,47,51)(H,48,53)(H,54,55)/t24-,25+,26+,27+,31-,32-,41+/m0/s1. The van der Waals surface area contributed by atoms with E-state index in [4.69, 9.17) is 14.5 Å². The number of allylic oxidation sites excluding steroid dienone is 1. The fourth-order valence-corrected chi connectivity index (χ4v) is 10.3. The molecule has 5 aliphatic rings.